The van der Waals surface area contributed by atoms with Crippen LogP contribution in [0.3, 0.4) is 0 Å². The average Bonchev–Trinajstić information content (AvgIpc) is 3.27. The molecule has 198 valence electrons. The van der Waals surface area contributed by atoms with Crippen LogP contribution in [-0.4, -0.2) is 51.9 Å². The number of hydrogen-bond acceptors (Lipinski definition) is 4. The Hall–Kier alpha value is -2.77. The van der Waals surface area contributed by atoms with E-state index in [0.717, 1.165) is 48.8 Å². The number of unbranched alkanes of at least 4 members (excludes halogenated alkanes) is 5. The van der Waals surface area contributed by atoms with Gasteiger partial charge in [0.15, 0.2) is 5.69 Å². The van der Waals surface area contributed by atoms with Crippen molar-refractivity contribution in [1.82, 2.24) is 20.0 Å². The zero-order chi connectivity index (χ0) is 25.6. The normalized spacial score (nSPS) is 21.8. The summed E-state index contributed by atoms with van der Waals surface area (Å²) in [6, 6.07) is 15.3. The molecule has 7 heteroatoms. The van der Waals surface area contributed by atoms with E-state index in [1.54, 1.807) is 0 Å². The molecule has 3 aromatic rings. The molecule has 0 unspecified atom stereocenters. The van der Waals surface area contributed by atoms with Gasteiger partial charge in [0.1, 0.15) is 5.82 Å². The lowest BCUT2D eigenvalue weighted by molar-refractivity contribution is -0.0843. The van der Waals surface area contributed by atoms with Crippen LogP contribution in [0.15, 0.2) is 48.5 Å². The number of carbonyl (C=O) groups is 1. The number of amides is 1. The first-order valence-corrected chi connectivity index (χ1v) is 14.0. The largest absolute Gasteiger partial charge is 0.378 e. The zero-order valence-electron chi connectivity index (χ0n) is 21.9. The van der Waals surface area contributed by atoms with E-state index >= 15 is 0 Å². The van der Waals surface area contributed by atoms with Crippen LogP contribution in [0.5, 0.6) is 0 Å². The Morgan fingerprint density at radius 3 is 2.46 bits per heavy atom. The standard InChI is InChI=1S/C30H39FN4O2/c1-2-3-4-5-6-9-16-35-28-11-8-7-10-27(28)29(33-35)30(36)32-24-17-25-20-37-21-26(18-24)34(25)19-22-12-14-23(31)15-13-22/h7-8,10-15,24-26H,2-6,9,16-21H2,1H3,(H,32,36)/t24-,25-,26+. The summed E-state index contributed by atoms with van der Waals surface area (Å²) in [4.78, 5) is 15.9. The minimum Gasteiger partial charge on any atom is -0.378 e. The third-order valence-corrected chi connectivity index (χ3v) is 7.88. The molecule has 2 aromatic carbocycles. The van der Waals surface area contributed by atoms with Crippen molar-refractivity contribution in [1.29, 1.82) is 0 Å². The van der Waals surface area contributed by atoms with Crippen LogP contribution in [0, 0.1) is 5.82 Å². The van der Waals surface area contributed by atoms with Gasteiger partial charge in [-0.2, -0.15) is 5.10 Å². The first-order chi connectivity index (χ1) is 18.1. The number of aryl methyl sites for hydroxylation is 1. The number of halogens is 1. The van der Waals surface area contributed by atoms with Crippen molar-refractivity contribution in [3.8, 4) is 0 Å². The van der Waals surface area contributed by atoms with Gasteiger partial charge in [0.2, 0.25) is 0 Å². The fraction of sp³-hybridized carbons (Fsp3) is 0.533. The van der Waals surface area contributed by atoms with Gasteiger partial charge in [-0.1, -0.05) is 69.4 Å². The maximum absolute atomic E-state index is 13.4. The molecule has 2 aliphatic rings. The topological polar surface area (TPSA) is 59.4 Å². The Kier molecular flexibility index (Phi) is 8.52. The lowest BCUT2D eigenvalue weighted by atomic mass is 9.89. The van der Waals surface area contributed by atoms with Crippen LogP contribution < -0.4 is 5.32 Å². The lowest BCUT2D eigenvalue weighted by Crippen LogP contribution is -2.60. The molecule has 1 N–H and O–H groups in total. The number of rotatable bonds is 11. The highest BCUT2D eigenvalue weighted by molar-refractivity contribution is 6.05. The Morgan fingerprint density at radius 1 is 1.00 bits per heavy atom. The minimum absolute atomic E-state index is 0.0818. The van der Waals surface area contributed by atoms with Gasteiger partial charge < -0.3 is 10.1 Å². The number of fused-ring (bicyclic) bond motifs is 3. The van der Waals surface area contributed by atoms with Gasteiger partial charge >= 0.3 is 0 Å². The summed E-state index contributed by atoms with van der Waals surface area (Å²) in [6.45, 7) is 5.15. The predicted molar refractivity (Wildman–Crippen MR) is 144 cm³/mol. The van der Waals surface area contributed by atoms with E-state index < -0.39 is 0 Å². The van der Waals surface area contributed by atoms with E-state index in [0.29, 0.717) is 18.9 Å². The Balaban J connectivity index is 1.22. The molecule has 2 bridgehead atoms. The number of benzene rings is 2. The Morgan fingerprint density at radius 2 is 1.70 bits per heavy atom. The maximum atomic E-state index is 13.4. The zero-order valence-corrected chi connectivity index (χ0v) is 21.9. The number of morpholine rings is 1. The molecule has 1 amide bonds. The number of piperidine rings is 1. The van der Waals surface area contributed by atoms with E-state index in [1.165, 1.54) is 44.2 Å². The van der Waals surface area contributed by atoms with Crippen molar-refractivity contribution in [3.05, 3.63) is 65.6 Å². The SMILES string of the molecule is CCCCCCCCn1nc(C(=O)N[C@H]2C[C@H]3COC[C@@H](C2)N3Cc2ccc(F)cc2)c2ccccc21. The van der Waals surface area contributed by atoms with Crippen molar-refractivity contribution < 1.29 is 13.9 Å². The van der Waals surface area contributed by atoms with Gasteiger partial charge in [-0.15, -0.1) is 0 Å². The van der Waals surface area contributed by atoms with Gasteiger partial charge in [-0.05, 0) is 43.0 Å². The third-order valence-electron chi connectivity index (χ3n) is 7.88. The number of hydrogen-bond donors (Lipinski definition) is 1. The molecular weight excluding hydrogens is 467 g/mol. The molecule has 0 saturated carbocycles. The van der Waals surface area contributed by atoms with Crippen LogP contribution in [0.25, 0.3) is 10.9 Å². The van der Waals surface area contributed by atoms with Crippen LogP contribution in [-0.2, 0) is 17.8 Å². The van der Waals surface area contributed by atoms with Gasteiger partial charge in [-0.25, -0.2) is 4.39 Å². The second-order valence-corrected chi connectivity index (χ2v) is 10.6. The molecule has 0 spiro atoms. The van der Waals surface area contributed by atoms with Crippen LogP contribution in [0.4, 0.5) is 4.39 Å². The molecule has 0 radical (unpaired) electrons. The van der Waals surface area contributed by atoms with Crippen LogP contribution in [0.1, 0.15) is 74.3 Å². The van der Waals surface area contributed by atoms with E-state index in [1.807, 2.05) is 35.0 Å². The quantitative estimate of drug-likeness (QED) is 0.339. The Labute approximate surface area is 219 Å². The Bertz CT molecular complexity index is 1160. The van der Waals surface area contributed by atoms with E-state index in [2.05, 4.69) is 23.2 Å². The molecule has 37 heavy (non-hydrogen) atoms. The molecule has 1 aromatic heterocycles. The highest BCUT2D eigenvalue weighted by Gasteiger charge is 2.39. The fourth-order valence-corrected chi connectivity index (χ4v) is 5.93. The van der Waals surface area contributed by atoms with Gasteiger partial charge in [0.05, 0.1) is 18.7 Å². The minimum atomic E-state index is -0.212. The highest BCUT2D eigenvalue weighted by Crippen LogP contribution is 2.30. The second kappa shape index (κ2) is 12.2. The number of para-hydroxylation sites is 1. The van der Waals surface area contributed by atoms with E-state index in [-0.39, 0.29) is 29.8 Å². The summed E-state index contributed by atoms with van der Waals surface area (Å²) in [5.74, 6) is -0.301. The highest BCUT2D eigenvalue weighted by atomic mass is 19.1. The summed E-state index contributed by atoms with van der Waals surface area (Å²) < 4.78 is 21.2. The molecule has 0 aliphatic carbocycles. The first kappa shape index (κ1) is 25.9. The molecule has 2 fully saturated rings. The van der Waals surface area contributed by atoms with Gasteiger partial charge in [-0.3, -0.25) is 14.4 Å². The smallest absolute Gasteiger partial charge is 0.272 e. The second-order valence-electron chi connectivity index (χ2n) is 10.6. The summed E-state index contributed by atoms with van der Waals surface area (Å²) >= 11 is 0. The summed E-state index contributed by atoms with van der Waals surface area (Å²) in [5, 5.41) is 9.00. The van der Waals surface area contributed by atoms with Crippen molar-refractivity contribution in [2.75, 3.05) is 13.2 Å². The molecule has 2 saturated heterocycles. The fourth-order valence-electron chi connectivity index (χ4n) is 5.93. The van der Waals surface area contributed by atoms with Gasteiger partial charge in [0, 0.05) is 36.6 Å². The number of nitrogens with one attached hydrogen (secondary N) is 1. The van der Waals surface area contributed by atoms with Crippen LogP contribution in [0.2, 0.25) is 0 Å². The van der Waals surface area contributed by atoms with Crippen molar-refractivity contribution in [2.45, 2.75) is 89.5 Å². The lowest BCUT2D eigenvalue weighted by Gasteiger charge is -2.48. The average molecular weight is 507 g/mol. The van der Waals surface area contributed by atoms with Crippen LogP contribution >= 0.6 is 0 Å². The molecule has 5 rings (SSSR count). The number of aromatic nitrogens is 2. The number of carbonyl (C=O) groups excluding carboxylic acids is 1. The first-order valence-electron chi connectivity index (χ1n) is 14.0. The van der Waals surface area contributed by atoms with E-state index in [9.17, 15) is 9.18 Å². The molecule has 6 nitrogen and oxygen atoms in total. The van der Waals surface area contributed by atoms with Crippen molar-refractivity contribution >= 4 is 16.8 Å². The molecule has 3 atom stereocenters. The van der Waals surface area contributed by atoms with Gasteiger partial charge in [0.25, 0.3) is 5.91 Å². The third kappa shape index (κ3) is 6.21. The van der Waals surface area contributed by atoms with Crippen molar-refractivity contribution in [3.63, 3.8) is 0 Å². The molecular formula is C30H39FN4O2. The molecule has 2 aliphatic heterocycles. The summed E-state index contributed by atoms with van der Waals surface area (Å²) in [5.41, 5.74) is 2.65. The monoisotopic (exact) mass is 506 g/mol. The van der Waals surface area contributed by atoms with Crippen molar-refractivity contribution in [2.24, 2.45) is 0 Å². The molecule has 3 heterocycles. The maximum Gasteiger partial charge on any atom is 0.272 e. The number of ether oxygens (including phenoxy) is 1. The van der Waals surface area contributed by atoms with E-state index in [4.69, 9.17) is 9.84 Å². The summed E-state index contributed by atoms with van der Waals surface area (Å²) in [6.07, 6.45) is 9.03. The number of nitrogens with zero attached hydrogens (tertiary/aromatic N) is 3. The summed E-state index contributed by atoms with van der Waals surface area (Å²) in [7, 11) is 0. The predicted octanol–water partition coefficient (Wildman–Crippen LogP) is 5.70.